The van der Waals surface area contributed by atoms with E-state index in [0.29, 0.717) is 38.6 Å². The van der Waals surface area contributed by atoms with Gasteiger partial charge in [-0.1, -0.05) is 0 Å². The van der Waals surface area contributed by atoms with Crippen molar-refractivity contribution in [2.75, 3.05) is 13.1 Å². The summed E-state index contributed by atoms with van der Waals surface area (Å²) in [6, 6.07) is -1.99. The summed E-state index contributed by atoms with van der Waals surface area (Å²) in [5.41, 5.74) is -2.10. The van der Waals surface area contributed by atoms with Gasteiger partial charge in [0.15, 0.2) is 0 Å². The van der Waals surface area contributed by atoms with Gasteiger partial charge in [0.1, 0.15) is 28.9 Å². The number of carbonyl (C=O) groups excluding carboxylic acids is 4. The smallest absolute Gasteiger partial charge is 0.408 e. The molecule has 13 nitrogen and oxygen atoms in total. The summed E-state index contributed by atoms with van der Waals surface area (Å²) >= 11 is 0. The molecule has 0 aromatic heterocycles. The molecule has 0 fully saturated rings. The molecule has 0 aliphatic heterocycles. The number of alkyl carbamates (subject to hydrolysis) is 3. The maximum Gasteiger partial charge on any atom is 0.408 e. The molecule has 0 saturated carbocycles. The van der Waals surface area contributed by atoms with Crippen LogP contribution in [0.25, 0.3) is 0 Å². The van der Waals surface area contributed by atoms with Crippen LogP contribution in [0.4, 0.5) is 14.4 Å². The number of amides is 4. The number of carboxylic acids is 1. The van der Waals surface area contributed by atoms with Gasteiger partial charge in [0, 0.05) is 13.1 Å². The van der Waals surface area contributed by atoms with Crippen LogP contribution in [0, 0.1) is 0 Å². The minimum Gasteiger partial charge on any atom is -0.480 e. The van der Waals surface area contributed by atoms with Crippen molar-refractivity contribution in [2.45, 2.75) is 130 Å². The van der Waals surface area contributed by atoms with Crippen molar-refractivity contribution in [3.05, 3.63) is 0 Å². The lowest BCUT2D eigenvalue weighted by Crippen LogP contribution is -2.48. The van der Waals surface area contributed by atoms with E-state index < -0.39 is 59.0 Å². The molecule has 4 amide bonds. The summed E-state index contributed by atoms with van der Waals surface area (Å²) < 4.78 is 15.6. The highest BCUT2D eigenvalue weighted by atomic mass is 16.6. The largest absolute Gasteiger partial charge is 0.480 e. The molecule has 0 heterocycles. The van der Waals surface area contributed by atoms with E-state index in [2.05, 4.69) is 21.3 Å². The molecular weight excluding hydrogens is 524 g/mol. The minimum absolute atomic E-state index is 0.148. The average molecular weight is 575 g/mol. The van der Waals surface area contributed by atoms with E-state index in [1.165, 1.54) is 0 Å². The zero-order valence-corrected chi connectivity index (χ0v) is 25.5. The van der Waals surface area contributed by atoms with E-state index in [1.54, 1.807) is 62.3 Å². The fourth-order valence-electron chi connectivity index (χ4n) is 3.21. The van der Waals surface area contributed by atoms with Crippen molar-refractivity contribution in [1.82, 2.24) is 21.3 Å². The zero-order valence-electron chi connectivity index (χ0n) is 25.5. The van der Waals surface area contributed by atoms with Crippen LogP contribution < -0.4 is 21.3 Å². The second-order valence-corrected chi connectivity index (χ2v) is 12.4. The first-order chi connectivity index (χ1) is 18.2. The SMILES string of the molecule is CC(C)(C)OC(=O)NCCCC[C@H](NC(=O)OC(C)(C)C)C(=O)NCCCC[C@H](NC(=O)OC(C)(C)C)C(=O)O. The summed E-state index contributed by atoms with van der Waals surface area (Å²) in [6.45, 7) is 16.1. The molecular formula is C27H50N4O9. The van der Waals surface area contributed by atoms with Crippen LogP contribution >= 0.6 is 0 Å². The van der Waals surface area contributed by atoms with Crippen molar-refractivity contribution in [1.29, 1.82) is 0 Å². The molecule has 0 radical (unpaired) electrons. The normalized spacial score (nSPS) is 13.3. The lowest BCUT2D eigenvalue weighted by Gasteiger charge is -2.23. The summed E-state index contributed by atoms with van der Waals surface area (Å²) in [4.78, 5) is 60.3. The quantitative estimate of drug-likeness (QED) is 0.152. The standard InChI is InChI=1S/C27H50N4O9/c1-25(2,3)38-22(35)29-17-13-10-14-18(30-23(36)39-26(4,5)6)20(32)28-16-12-11-15-19(21(33)34)31-24(37)40-27(7,8)9/h18-19H,10-17H2,1-9H3,(H,28,32)(H,29,35)(H,30,36)(H,31,37)(H,33,34)/t18-,19-/m0/s1. The van der Waals surface area contributed by atoms with Gasteiger partial charge in [-0.25, -0.2) is 19.2 Å². The Labute approximate surface area is 237 Å². The second kappa shape index (κ2) is 16.8. The summed E-state index contributed by atoms with van der Waals surface area (Å²) in [7, 11) is 0. The molecule has 232 valence electrons. The molecule has 0 saturated heterocycles. The molecule has 0 aliphatic rings. The number of aliphatic carboxylic acids is 1. The highest BCUT2D eigenvalue weighted by Gasteiger charge is 2.25. The van der Waals surface area contributed by atoms with Crippen LogP contribution in [0.15, 0.2) is 0 Å². The maximum atomic E-state index is 12.8. The Morgan fingerprint density at radius 2 is 0.950 bits per heavy atom. The fourth-order valence-corrected chi connectivity index (χ4v) is 3.21. The maximum absolute atomic E-state index is 12.8. The van der Waals surface area contributed by atoms with Crippen LogP contribution in [0.5, 0.6) is 0 Å². The first kappa shape index (κ1) is 36.8. The molecule has 0 bridgehead atoms. The number of nitrogens with one attached hydrogen (secondary N) is 4. The first-order valence-electron chi connectivity index (χ1n) is 13.6. The Hall–Kier alpha value is -3.25. The van der Waals surface area contributed by atoms with Crippen LogP contribution in [0.3, 0.4) is 0 Å². The van der Waals surface area contributed by atoms with E-state index >= 15 is 0 Å². The highest BCUT2D eigenvalue weighted by Crippen LogP contribution is 2.11. The molecule has 0 aliphatic carbocycles. The van der Waals surface area contributed by atoms with Gasteiger partial charge in [0.25, 0.3) is 0 Å². The Morgan fingerprint density at radius 1 is 0.575 bits per heavy atom. The summed E-state index contributed by atoms with van der Waals surface area (Å²) in [5.74, 6) is -1.59. The monoisotopic (exact) mass is 574 g/mol. The summed E-state index contributed by atoms with van der Waals surface area (Å²) in [5, 5.41) is 19.7. The third-order valence-corrected chi connectivity index (χ3v) is 4.80. The molecule has 0 rings (SSSR count). The Bertz CT molecular complexity index is 842. The van der Waals surface area contributed by atoms with Gasteiger partial charge in [-0.15, -0.1) is 0 Å². The number of carbonyl (C=O) groups is 5. The second-order valence-electron chi connectivity index (χ2n) is 12.4. The van der Waals surface area contributed by atoms with Gasteiger partial charge in [-0.2, -0.15) is 0 Å². The third-order valence-electron chi connectivity index (χ3n) is 4.80. The van der Waals surface area contributed by atoms with Crippen LogP contribution in [-0.4, -0.2) is 77.2 Å². The van der Waals surface area contributed by atoms with Gasteiger partial charge in [0.05, 0.1) is 0 Å². The number of ether oxygens (including phenoxy) is 3. The van der Waals surface area contributed by atoms with E-state index in [4.69, 9.17) is 14.2 Å². The number of unbranched alkanes of at least 4 members (excludes halogenated alkanes) is 2. The number of hydrogen-bond acceptors (Lipinski definition) is 8. The molecule has 0 unspecified atom stereocenters. The summed E-state index contributed by atoms with van der Waals surface area (Å²) in [6.07, 6.45) is 0.331. The van der Waals surface area contributed by atoms with Gasteiger partial charge in [0.2, 0.25) is 5.91 Å². The Balaban J connectivity index is 4.76. The van der Waals surface area contributed by atoms with Crippen molar-refractivity contribution < 1.29 is 43.3 Å². The topological polar surface area (TPSA) is 181 Å². The number of rotatable bonds is 14. The zero-order chi connectivity index (χ0) is 31.1. The molecule has 13 heteroatoms. The van der Waals surface area contributed by atoms with Crippen LogP contribution in [0.1, 0.15) is 101 Å². The van der Waals surface area contributed by atoms with Gasteiger partial charge in [-0.3, -0.25) is 4.79 Å². The Kier molecular flexibility index (Phi) is 15.4. The van der Waals surface area contributed by atoms with Crippen LogP contribution in [-0.2, 0) is 23.8 Å². The van der Waals surface area contributed by atoms with Crippen LogP contribution in [0.2, 0.25) is 0 Å². The molecule has 0 aromatic rings. The lowest BCUT2D eigenvalue weighted by atomic mass is 10.1. The van der Waals surface area contributed by atoms with E-state index in [1.807, 2.05) is 0 Å². The Morgan fingerprint density at radius 3 is 1.38 bits per heavy atom. The van der Waals surface area contributed by atoms with Gasteiger partial charge in [-0.05, 0) is 101 Å². The van der Waals surface area contributed by atoms with Gasteiger partial charge < -0.3 is 40.6 Å². The molecule has 2 atom stereocenters. The van der Waals surface area contributed by atoms with Crippen molar-refractivity contribution in [2.24, 2.45) is 0 Å². The fraction of sp³-hybridized carbons (Fsp3) is 0.815. The molecule has 5 N–H and O–H groups in total. The number of hydrogen-bond donors (Lipinski definition) is 5. The van der Waals surface area contributed by atoms with Gasteiger partial charge >= 0.3 is 24.2 Å². The number of carboxylic acid groups (broad SMARTS) is 1. The van der Waals surface area contributed by atoms with Crippen molar-refractivity contribution >= 4 is 30.2 Å². The molecule has 40 heavy (non-hydrogen) atoms. The predicted molar refractivity (Wildman–Crippen MR) is 149 cm³/mol. The third kappa shape index (κ3) is 20.7. The van der Waals surface area contributed by atoms with Crippen molar-refractivity contribution in [3.63, 3.8) is 0 Å². The predicted octanol–water partition coefficient (Wildman–Crippen LogP) is 3.84. The van der Waals surface area contributed by atoms with E-state index in [9.17, 15) is 29.1 Å². The van der Waals surface area contributed by atoms with E-state index in [0.717, 1.165) is 0 Å². The van der Waals surface area contributed by atoms with E-state index in [-0.39, 0.29) is 13.0 Å². The lowest BCUT2D eigenvalue weighted by molar-refractivity contribution is -0.139. The average Bonchev–Trinajstić information content (AvgIpc) is 2.72. The highest BCUT2D eigenvalue weighted by molar-refractivity contribution is 5.85. The molecule has 0 spiro atoms. The minimum atomic E-state index is -1.18. The first-order valence-corrected chi connectivity index (χ1v) is 13.6. The molecule has 0 aromatic carbocycles. The van der Waals surface area contributed by atoms with Crippen molar-refractivity contribution in [3.8, 4) is 0 Å².